The molecule has 0 unspecified atom stereocenters. The van der Waals surface area contributed by atoms with E-state index in [0.29, 0.717) is 21.1 Å². The molecule has 0 radical (unpaired) electrons. The van der Waals surface area contributed by atoms with Crippen LogP contribution in [0.4, 0.5) is 5.69 Å². The smallest absolute Gasteiger partial charge is 0.262 e. The summed E-state index contributed by atoms with van der Waals surface area (Å²) in [5.41, 5.74) is 2.15. The third-order valence-electron chi connectivity index (χ3n) is 4.57. The number of sulfone groups is 1. The maximum atomic E-state index is 13.1. The van der Waals surface area contributed by atoms with E-state index in [4.69, 9.17) is 0 Å². The molecule has 0 aromatic heterocycles. The largest absolute Gasteiger partial charge is 0.320 e. The van der Waals surface area contributed by atoms with Crippen LogP contribution in [-0.2, 0) is 20.4 Å². The summed E-state index contributed by atoms with van der Waals surface area (Å²) in [6, 6.07) is 17.8. The molecule has 1 heterocycles. The molecule has 0 saturated heterocycles. The lowest BCUT2D eigenvalue weighted by Crippen LogP contribution is -2.17. The van der Waals surface area contributed by atoms with Crippen LogP contribution in [0.15, 0.2) is 88.8 Å². The van der Waals surface area contributed by atoms with E-state index in [0.717, 1.165) is 19.0 Å². The second-order valence-electron chi connectivity index (χ2n) is 6.73. The molecule has 0 spiro atoms. The SMILES string of the molecule is O=C1Nc2ccc(S(=O)(=O)Cc3c(Br)cccc3Br)cc2SC1=Cc1ccc(Br)cc1. The van der Waals surface area contributed by atoms with Crippen molar-refractivity contribution in [3.05, 3.63) is 90.1 Å². The van der Waals surface area contributed by atoms with Gasteiger partial charge in [-0.1, -0.05) is 77.8 Å². The third-order valence-corrected chi connectivity index (χ3v) is 9.30. The molecule has 4 rings (SSSR count). The van der Waals surface area contributed by atoms with E-state index in [-0.39, 0.29) is 16.6 Å². The maximum absolute atomic E-state index is 13.1. The number of thioether (sulfide) groups is 1. The van der Waals surface area contributed by atoms with E-state index in [1.807, 2.05) is 42.5 Å². The summed E-state index contributed by atoms with van der Waals surface area (Å²) in [4.78, 5) is 13.9. The highest BCUT2D eigenvalue weighted by atomic mass is 79.9. The lowest BCUT2D eigenvalue weighted by Gasteiger charge is -2.19. The topological polar surface area (TPSA) is 63.2 Å². The summed E-state index contributed by atoms with van der Waals surface area (Å²) < 4.78 is 28.6. The summed E-state index contributed by atoms with van der Waals surface area (Å²) >= 11 is 11.5. The number of halogens is 3. The number of fused-ring (bicyclic) bond motifs is 1. The van der Waals surface area contributed by atoms with Gasteiger partial charge in [-0.3, -0.25) is 4.79 Å². The average Bonchev–Trinajstić information content (AvgIpc) is 2.73. The van der Waals surface area contributed by atoms with Crippen molar-refractivity contribution in [2.75, 3.05) is 5.32 Å². The number of hydrogen-bond acceptors (Lipinski definition) is 4. The van der Waals surface area contributed by atoms with E-state index >= 15 is 0 Å². The van der Waals surface area contributed by atoms with Gasteiger partial charge in [0.25, 0.3) is 5.91 Å². The van der Waals surface area contributed by atoms with Crippen molar-refractivity contribution in [3.63, 3.8) is 0 Å². The summed E-state index contributed by atoms with van der Waals surface area (Å²) in [6.07, 6.45) is 1.79. The number of rotatable bonds is 4. The van der Waals surface area contributed by atoms with Crippen LogP contribution in [0.3, 0.4) is 0 Å². The van der Waals surface area contributed by atoms with Crippen molar-refractivity contribution in [2.24, 2.45) is 0 Å². The molecule has 3 aromatic carbocycles. The van der Waals surface area contributed by atoms with Crippen LogP contribution in [0.1, 0.15) is 11.1 Å². The monoisotopic (exact) mass is 641 g/mol. The minimum Gasteiger partial charge on any atom is -0.320 e. The Hall–Kier alpha value is -1.39. The van der Waals surface area contributed by atoms with Crippen molar-refractivity contribution >= 4 is 87.1 Å². The zero-order valence-electron chi connectivity index (χ0n) is 15.7. The Morgan fingerprint density at radius 3 is 2.29 bits per heavy atom. The fraction of sp³-hybridized carbons (Fsp3) is 0.0455. The molecule has 1 amide bonds. The van der Waals surface area contributed by atoms with Crippen molar-refractivity contribution in [3.8, 4) is 0 Å². The molecule has 0 fully saturated rings. The van der Waals surface area contributed by atoms with Gasteiger partial charge in [0.15, 0.2) is 9.84 Å². The fourth-order valence-corrected chi connectivity index (χ4v) is 7.39. The molecule has 1 N–H and O–H groups in total. The molecular formula is C22H14Br3NO3S2. The van der Waals surface area contributed by atoms with Crippen molar-refractivity contribution < 1.29 is 13.2 Å². The number of carbonyl (C=O) groups is 1. The van der Waals surface area contributed by atoms with Gasteiger partial charge in [-0.05, 0) is 59.7 Å². The maximum Gasteiger partial charge on any atom is 0.262 e. The Morgan fingerprint density at radius 2 is 1.61 bits per heavy atom. The second-order valence-corrected chi connectivity index (χ2v) is 12.4. The number of benzene rings is 3. The summed E-state index contributed by atoms with van der Waals surface area (Å²) in [7, 11) is -3.60. The summed E-state index contributed by atoms with van der Waals surface area (Å²) in [5.74, 6) is -0.361. The number of hydrogen-bond donors (Lipinski definition) is 1. The molecule has 3 aromatic rings. The van der Waals surface area contributed by atoms with E-state index in [1.165, 1.54) is 17.8 Å². The zero-order valence-corrected chi connectivity index (χ0v) is 22.1. The molecule has 0 atom stereocenters. The van der Waals surface area contributed by atoms with Crippen molar-refractivity contribution in [1.29, 1.82) is 0 Å². The van der Waals surface area contributed by atoms with Gasteiger partial charge in [-0.15, -0.1) is 0 Å². The quantitative estimate of drug-likeness (QED) is 0.310. The first-order valence-corrected chi connectivity index (χ1v) is 13.8. The minimum atomic E-state index is -3.60. The first-order valence-electron chi connectivity index (χ1n) is 8.99. The zero-order chi connectivity index (χ0) is 22.2. The molecule has 0 aliphatic carbocycles. The number of nitrogens with one attached hydrogen (secondary N) is 1. The van der Waals surface area contributed by atoms with E-state index < -0.39 is 9.84 Å². The van der Waals surface area contributed by atoms with Crippen molar-refractivity contribution in [1.82, 2.24) is 0 Å². The van der Waals surface area contributed by atoms with Crippen LogP contribution in [0.2, 0.25) is 0 Å². The highest BCUT2D eigenvalue weighted by Crippen LogP contribution is 2.40. The van der Waals surface area contributed by atoms with Gasteiger partial charge < -0.3 is 5.32 Å². The molecule has 1 aliphatic rings. The van der Waals surface area contributed by atoms with Crippen LogP contribution in [0.5, 0.6) is 0 Å². The van der Waals surface area contributed by atoms with Crippen LogP contribution in [0, 0.1) is 0 Å². The molecule has 0 saturated carbocycles. The van der Waals surface area contributed by atoms with Crippen molar-refractivity contribution in [2.45, 2.75) is 15.5 Å². The van der Waals surface area contributed by atoms with Gasteiger partial charge in [0, 0.05) is 18.3 Å². The number of carbonyl (C=O) groups excluding carboxylic acids is 1. The van der Waals surface area contributed by atoms with Gasteiger partial charge in [0.1, 0.15) is 0 Å². The Morgan fingerprint density at radius 1 is 0.935 bits per heavy atom. The predicted octanol–water partition coefficient (Wildman–Crippen LogP) is 7.03. The Balaban J connectivity index is 1.65. The van der Waals surface area contributed by atoms with Crippen LogP contribution in [-0.4, -0.2) is 14.3 Å². The first-order chi connectivity index (χ1) is 14.7. The molecule has 158 valence electrons. The van der Waals surface area contributed by atoms with E-state index in [1.54, 1.807) is 18.2 Å². The number of anilines is 1. The summed E-state index contributed by atoms with van der Waals surface area (Å²) in [5, 5.41) is 2.84. The van der Waals surface area contributed by atoms with Gasteiger partial charge in [-0.25, -0.2) is 8.42 Å². The number of amides is 1. The predicted molar refractivity (Wildman–Crippen MR) is 136 cm³/mol. The van der Waals surface area contributed by atoms with Gasteiger partial charge in [0.05, 0.1) is 21.2 Å². The highest BCUT2D eigenvalue weighted by molar-refractivity contribution is 9.11. The van der Waals surface area contributed by atoms with Gasteiger partial charge >= 0.3 is 0 Å². The molecule has 4 nitrogen and oxygen atoms in total. The van der Waals surface area contributed by atoms with E-state index in [9.17, 15) is 13.2 Å². The van der Waals surface area contributed by atoms with E-state index in [2.05, 4.69) is 53.1 Å². The Bertz CT molecular complexity index is 1300. The Labute approximate surface area is 209 Å². The lowest BCUT2D eigenvalue weighted by atomic mass is 10.2. The summed E-state index contributed by atoms with van der Waals surface area (Å²) in [6.45, 7) is 0. The minimum absolute atomic E-state index is 0.146. The molecule has 31 heavy (non-hydrogen) atoms. The second kappa shape index (κ2) is 9.23. The highest BCUT2D eigenvalue weighted by Gasteiger charge is 2.25. The Kier molecular flexibility index (Phi) is 6.79. The fourth-order valence-electron chi connectivity index (χ4n) is 2.98. The average molecular weight is 644 g/mol. The van der Waals surface area contributed by atoms with Gasteiger partial charge in [-0.2, -0.15) is 0 Å². The molecule has 1 aliphatic heterocycles. The van der Waals surface area contributed by atoms with Crippen LogP contribution < -0.4 is 5.32 Å². The third kappa shape index (κ3) is 5.17. The van der Waals surface area contributed by atoms with Crippen LogP contribution in [0.25, 0.3) is 6.08 Å². The molecule has 9 heteroatoms. The molecular weight excluding hydrogens is 630 g/mol. The lowest BCUT2D eigenvalue weighted by molar-refractivity contribution is -0.112. The molecule has 0 bridgehead atoms. The normalized spacial score (nSPS) is 14.9. The van der Waals surface area contributed by atoms with Gasteiger partial charge in [0.2, 0.25) is 0 Å². The first kappa shape index (κ1) is 22.8. The van der Waals surface area contributed by atoms with Crippen LogP contribution >= 0.6 is 59.6 Å². The standard InChI is InChI=1S/C22H14Br3NO3S2/c23-14-6-4-13(5-7-14)10-21-22(27)26-19-9-8-15(11-20(19)30-21)31(28,29)12-16-17(24)2-1-3-18(16)25/h1-11H,12H2,(H,26,27).